The van der Waals surface area contributed by atoms with Crippen molar-refractivity contribution in [3.8, 4) is 0 Å². The van der Waals surface area contributed by atoms with Gasteiger partial charge in [0, 0.05) is 0 Å². The molecule has 0 heteroatoms. The highest BCUT2D eigenvalue weighted by Gasteiger charge is 2.39. The van der Waals surface area contributed by atoms with E-state index in [2.05, 4.69) is 6.42 Å². The molecule has 0 aromatic heterocycles. The Morgan fingerprint density at radius 2 is 1.31 bits per heavy atom. The second-order valence-corrected chi connectivity index (χ2v) is 5.49. The van der Waals surface area contributed by atoms with Crippen molar-refractivity contribution in [3.63, 3.8) is 0 Å². The van der Waals surface area contributed by atoms with Crippen molar-refractivity contribution in [3.05, 3.63) is 6.42 Å². The van der Waals surface area contributed by atoms with Crippen LogP contribution in [0.1, 0.15) is 51.4 Å². The molecule has 4 atom stereocenters. The van der Waals surface area contributed by atoms with Crippen LogP contribution in [0.4, 0.5) is 0 Å². The third kappa shape index (κ3) is 1.43. The molecule has 3 rings (SSSR count). The van der Waals surface area contributed by atoms with Gasteiger partial charge in [-0.25, -0.2) is 0 Å². The summed E-state index contributed by atoms with van der Waals surface area (Å²) in [5, 5.41) is 0. The van der Waals surface area contributed by atoms with E-state index in [1.807, 2.05) is 0 Å². The van der Waals surface area contributed by atoms with Crippen molar-refractivity contribution < 1.29 is 0 Å². The largest absolute Gasteiger partial charge is 0.0530 e. The molecular weight excluding hydrogens is 156 g/mol. The zero-order chi connectivity index (χ0) is 8.67. The molecule has 73 valence electrons. The molecule has 3 saturated carbocycles. The van der Waals surface area contributed by atoms with Gasteiger partial charge in [0.05, 0.1) is 0 Å². The summed E-state index contributed by atoms with van der Waals surface area (Å²) in [5.74, 6) is 4.29. The lowest BCUT2D eigenvalue weighted by Crippen LogP contribution is -2.31. The van der Waals surface area contributed by atoms with Crippen molar-refractivity contribution in [2.75, 3.05) is 0 Å². The van der Waals surface area contributed by atoms with Gasteiger partial charge in [0.25, 0.3) is 0 Å². The average molecular weight is 177 g/mol. The Kier molecular flexibility index (Phi) is 2.11. The molecule has 0 heterocycles. The second-order valence-electron chi connectivity index (χ2n) is 5.49. The SMILES string of the molecule is [CH]1C2CCCCC2CC2CCCC12. The molecule has 0 nitrogen and oxygen atoms in total. The van der Waals surface area contributed by atoms with Gasteiger partial charge < -0.3 is 0 Å². The summed E-state index contributed by atoms with van der Waals surface area (Å²) in [6.45, 7) is 0. The van der Waals surface area contributed by atoms with Crippen molar-refractivity contribution in [2.45, 2.75) is 51.4 Å². The van der Waals surface area contributed by atoms with Crippen LogP contribution in [-0.2, 0) is 0 Å². The first kappa shape index (κ1) is 8.32. The molecular formula is C13H21. The highest BCUT2D eigenvalue weighted by atomic mass is 14.4. The Balaban J connectivity index is 1.71. The number of hydrogen-bond acceptors (Lipinski definition) is 0. The van der Waals surface area contributed by atoms with Crippen molar-refractivity contribution in [1.82, 2.24) is 0 Å². The van der Waals surface area contributed by atoms with Crippen molar-refractivity contribution in [1.29, 1.82) is 0 Å². The van der Waals surface area contributed by atoms with Gasteiger partial charge in [-0.05, 0) is 49.4 Å². The van der Waals surface area contributed by atoms with Gasteiger partial charge in [0.15, 0.2) is 0 Å². The molecule has 0 spiro atoms. The fourth-order valence-electron chi connectivity index (χ4n) is 4.10. The molecule has 0 bridgehead atoms. The van der Waals surface area contributed by atoms with Crippen LogP contribution in [0.15, 0.2) is 0 Å². The molecule has 0 amide bonds. The Morgan fingerprint density at radius 1 is 0.692 bits per heavy atom. The van der Waals surface area contributed by atoms with Crippen LogP contribution in [0.2, 0.25) is 0 Å². The standard InChI is InChI=1S/C13H21/c1-2-5-11-9-13-7-3-6-12(13)8-10(11)4-1/h8,10-13H,1-7,9H2. The first-order valence-corrected chi connectivity index (χ1v) is 6.28. The normalized spacial score (nSPS) is 49.8. The Labute approximate surface area is 82.1 Å². The van der Waals surface area contributed by atoms with Crippen LogP contribution in [0, 0.1) is 30.1 Å². The fraction of sp³-hybridized carbons (Fsp3) is 0.923. The summed E-state index contributed by atoms with van der Waals surface area (Å²) < 4.78 is 0. The first-order chi connectivity index (χ1) is 6.43. The van der Waals surface area contributed by atoms with E-state index in [1.54, 1.807) is 19.3 Å². The number of rotatable bonds is 0. The number of hydrogen-bond donors (Lipinski definition) is 0. The summed E-state index contributed by atoms with van der Waals surface area (Å²) in [6.07, 6.45) is 15.0. The first-order valence-electron chi connectivity index (χ1n) is 6.28. The molecule has 3 aliphatic carbocycles. The third-order valence-electron chi connectivity index (χ3n) is 4.79. The Hall–Kier alpha value is 0. The van der Waals surface area contributed by atoms with E-state index in [0.717, 1.165) is 23.7 Å². The smallest absolute Gasteiger partial charge is 0.0318 e. The van der Waals surface area contributed by atoms with Crippen LogP contribution < -0.4 is 0 Å². The summed E-state index contributed by atoms with van der Waals surface area (Å²) in [6, 6.07) is 0. The maximum atomic E-state index is 2.77. The monoisotopic (exact) mass is 177 g/mol. The minimum Gasteiger partial charge on any atom is -0.0530 e. The van der Waals surface area contributed by atoms with Crippen LogP contribution in [0.25, 0.3) is 0 Å². The molecule has 1 radical (unpaired) electrons. The topological polar surface area (TPSA) is 0 Å². The van der Waals surface area contributed by atoms with Gasteiger partial charge in [-0.1, -0.05) is 32.1 Å². The van der Waals surface area contributed by atoms with Crippen molar-refractivity contribution in [2.24, 2.45) is 23.7 Å². The maximum absolute atomic E-state index is 2.77. The molecule has 0 N–H and O–H groups in total. The predicted octanol–water partition coefficient (Wildman–Crippen LogP) is 3.82. The Morgan fingerprint density at radius 3 is 2.15 bits per heavy atom. The van der Waals surface area contributed by atoms with Gasteiger partial charge in [-0.2, -0.15) is 0 Å². The average Bonchev–Trinajstić information content (AvgIpc) is 2.61. The van der Waals surface area contributed by atoms with E-state index in [9.17, 15) is 0 Å². The molecule has 0 aliphatic heterocycles. The summed E-state index contributed by atoms with van der Waals surface area (Å²) in [7, 11) is 0. The van der Waals surface area contributed by atoms with Gasteiger partial charge in [0.2, 0.25) is 0 Å². The Bertz CT molecular complexity index is 164. The summed E-state index contributed by atoms with van der Waals surface area (Å²) in [5.41, 5.74) is 0. The molecule has 4 unspecified atom stereocenters. The van der Waals surface area contributed by atoms with E-state index < -0.39 is 0 Å². The molecule has 3 aliphatic rings. The lowest BCUT2D eigenvalue weighted by atomic mass is 9.64. The minimum absolute atomic E-state index is 1.04. The number of fused-ring (bicyclic) bond motifs is 2. The summed E-state index contributed by atoms with van der Waals surface area (Å²) >= 11 is 0. The van der Waals surface area contributed by atoms with Gasteiger partial charge in [0.1, 0.15) is 0 Å². The highest BCUT2D eigenvalue weighted by Crippen LogP contribution is 2.50. The zero-order valence-electron chi connectivity index (χ0n) is 8.54. The molecule has 0 aromatic rings. The maximum Gasteiger partial charge on any atom is -0.0318 e. The summed E-state index contributed by atoms with van der Waals surface area (Å²) in [4.78, 5) is 0. The van der Waals surface area contributed by atoms with E-state index in [-0.39, 0.29) is 0 Å². The van der Waals surface area contributed by atoms with Gasteiger partial charge >= 0.3 is 0 Å². The molecule has 13 heavy (non-hydrogen) atoms. The highest BCUT2D eigenvalue weighted by molar-refractivity contribution is 5.00. The van der Waals surface area contributed by atoms with Crippen LogP contribution in [-0.4, -0.2) is 0 Å². The third-order valence-corrected chi connectivity index (χ3v) is 4.79. The van der Waals surface area contributed by atoms with Crippen LogP contribution in [0.5, 0.6) is 0 Å². The zero-order valence-corrected chi connectivity index (χ0v) is 8.54. The minimum atomic E-state index is 1.04. The lowest BCUT2D eigenvalue weighted by Gasteiger charge is -2.41. The quantitative estimate of drug-likeness (QED) is 0.527. The molecule has 0 aromatic carbocycles. The van der Waals surface area contributed by atoms with Gasteiger partial charge in [-0.3, -0.25) is 0 Å². The van der Waals surface area contributed by atoms with Crippen molar-refractivity contribution >= 4 is 0 Å². The van der Waals surface area contributed by atoms with Crippen LogP contribution >= 0.6 is 0 Å². The molecule has 0 saturated heterocycles. The predicted molar refractivity (Wildman–Crippen MR) is 55.2 cm³/mol. The van der Waals surface area contributed by atoms with Gasteiger partial charge in [-0.15, -0.1) is 0 Å². The lowest BCUT2D eigenvalue weighted by molar-refractivity contribution is 0.148. The van der Waals surface area contributed by atoms with E-state index >= 15 is 0 Å². The fourth-order valence-corrected chi connectivity index (χ4v) is 4.10. The van der Waals surface area contributed by atoms with E-state index in [4.69, 9.17) is 0 Å². The van der Waals surface area contributed by atoms with Crippen LogP contribution in [0.3, 0.4) is 0 Å². The molecule has 3 fully saturated rings. The van der Waals surface area contributed by atoms with E-state index in [0.29, 0.717) is 0 Å². The second kappa shape index (κ2) is 3.29. The van der Waals surface area contributed by atoms with E-state index in [1.165, 1.54) is 32.1 Å².